The number of ether oxygens (including phenoxy) is 1. The summed E-state index contributed by atoms with van der Waals surface area (Å²) in [7, 11) is 1.57. The standard InChI is InChI=1S/C9H10N2O2S/c1-13-7-3-8-6(2-5(7)4-12)11-9(10)14-8/h2-3,12H,4H2,1H3,(H2,10,11). The number of thiazole rings is 1. The largest absolute Gasteiger partial charge is 0.496 e. The molecule has 0 fully saturated rings. The maximum absolute atomic E-state index is 9.08. The highest BCUT2D eigenvalue weighted by atomic mass is 32.1. The minimum absolute atomic E-state index is 0.0590. The van der Waals surface area contributed by atoms with Gasteiger partial charge in [-0.05, 0) is 6.07 Å². The molecule has 0 radical (unpaired) electrons. The topological polar surface area (TPSA) is 68.4 Å². The Morgan fingerprint density at radius 3 is 3.00 bits per heavy atom. The Balaban J connectivity index is 2.68. The first-order valence-electron chi connectivity index (χ1n) is 4.08. The smallest absolute Gasteiger partial charge is 0.181 e. The highest BCUT2D eigenvalue weighted by molar-refractivity contribution is 7.22. The molecule has 2 aromatic rings. The predicted molar refractivity (Wildman–Crippen MR) is 56.5 cm³/mol. The quantitative estimate of drug-likeness (QED) is 0.785. The zero-order chi connectivity index (χ0) is 10.1. The van der Waals surface area contributed by atoms with Crippen molar-refractivity contribution in [2.75, 3.05) is 12.8 Å². The van der Waals surface area contributed by atoms with Crippen molar-refractivity contribution in [2.24, 2.45) is 0 Å². The number of rotatable bonds is 2. The summed E-state index contributed by atoms with van der Waals surface area (Å²) in [6, 6.07) is 3.63. The Morgan fingerprint density at radius 1 is 1.57 bits per heavy atom. The molecule has 0 bridgehead atoms. The molecule has 0 atom stereocenters. The van der Waals surface area contributed by atoms with E-state index in [4.69, 9.17) is 15.6 Å². The van der Waals surface area contributed by atoms with Gasteiger partial charge in [0.2, 0.25) is 0 Å². The molecule has 2 rings (SSSR count). The van der Waals surface area contributed by atoms with Crippen molar-refractivity contribution in [3.05, 3.63) is 17.7 Å². The Morgan fingerprint density at radius 2 is 2.36 bits per heavy atom. The van der Waals surface area contributed by atoms with E-state index in [1.54, 1.807) is 13.2 Å². The van der Waals surface area contributed by atoms with E-state index in [1.165, 1.54) is 11.3 Å². The number of methoxy groups -OCH3 is 1. The van der Waals surface area contributed by atoms with E-state index in [2.05, 4.69) is 4.98 Å². The Hall–Kier alpha value is -1.33. The minimum Gasteiger partial charge on any atom is -0.496 e. The van der Waals surface area contributed by atoms with Crippen molar-refractivity contribution in [3.8, 4) is 5.75 Å². The third kappa shape index (κ3) is 1.40. The van der Waals surface area contributed by atoms with Crippen LogP contribution in [-0.2, 0) is 6.61 Å². The lowest BCUT2D eigenvalue weighted by Gasteiger charge is -2.04. The number of anilines is 1. The monoisotopic (exact) mass is 210 g/mol. The molecule has 0 saturated heterocycles. The molecule has 74 valence electrons. The second kappa shape index (κ2) is 3.43. The van der Waals surface area contributed by atoms with E-state index >= 15 is 0 Å². The minimum atomic E-state index is -0.0590. The van der Waals surface area contributed by atoms with Crippen LogP contribution in [0.2, 0.25) is 0 Å². The number of aliphatic hydroxyl groups excluding tert-OH is 1. The fourth-order valence-corrected chi connectivity index (χ4v) is 2.07. The number of aromatic nitrogens is 1. The maximum Gasteiger partial charge on any atom is 0.181 e. The summed E-state index contributed by atoms with van der Waals surface area (Å²) in [5.41, 5.74) is 7.11. The SMILES string of the molecule is COc1cc2sc(N)nc2cc1CO. The second-order valence-electron chi connectivity index (χ2n) is 2.84. The molecule has 0 aliphatic carbocycles. The number of nitrogens with zero attached hydrogens (tertiary/aromatic N) is 1. The lowest BCUT2D eigenvalue weighted by atomic mass is 10.2. The van der Waals surface area contributed by atoms with E-state index in [-0.39, 0.29) is 6.61 Å². The maximum atomic E-state index is 9.08. The fourth-order valence-electron chi connectivity index (χ4n) is 1.33. The molecule has 14 heavy (non-hydrogen) atoms. The van der Waals surface area contributed by atoms with Gasteiger partial charge in [-0.25, -0.2) is 4.98 Å². The summed E-state index contributed by atoms with van der Waals surface area (Å²) in [6.07, 6.45) is 0. The van der Waals surface area contributed by atoms with E-state index in [1.807, 2.05) is 6.07 Å². The number of aliphatic hydroxyl groups is 1. The lowest BCUT2D eigenvalue weighted by Crippen LogP contribution is -1.91. The van der Waals surface area contributed by atoms with Crippen LogP contribution in [0, 0.1) is 0 Å². The van der Waals surface area contributed by atoms with E-state index in [0.717, 1.165) is 15.8 Å². The van der Waals surface area contributed by atoms with Crippen LogP contribution in [0.3, 0.4) is 0 Å². The lowest BCUT2D eigenvalue weighted by molar-refractivity contribution is 0.274. The molecule has 5 heteroatoms. The van der Waals surface area contributed by atoms with Crippen LogP contribution in [0.5, 0.6) is 5.75 Å². The zero-order valence-electron chi connectivity index (χ0n) is 7.65. The number of nitrogens with two attached hydrogens (primary N) is 1. The van der Waals surface area contributed by atoms with Gasteiger partial charge in [-0.2, -0.15) is 0 Å². The van der Waals surface area contributed by atoms with Crippen LogP contribution in [0.4, 0.5) is 5.13 Å². The summed E-state index contributed by atoms with van der Waals surface area (Å²) < 4.78 is 6.10. The van der Waals surface area contributed by atoms with Crippen LogP contribution in [0.1, 0.15) is 5.56 Å². The van der Waals surface area contributed by atoms with Crippen molar-refractivity contribution >= 4 is 26.7 Å². The Bertz CT molecular complexity index is 426. The normalized spacial score (nSPS) is 10.7. The number of benzene rings is 1. The van der Waals surface area contributed by atoms with Crippen molar-refractivity contribution in [3.63, 3.8) is 0 Å². The predicted octanol–water partition coefficient (Wildman–Crippen LogP) is 1.38. The van der Waals surface area contributed by atoms with Crippen molar-refractivity contribution < 1.29 is 9.84 Å². The summed E-state index contributed by atoms with van der Waals surface area (Å²) in [6.45, 7) is -0.0590. The molecule has 0 aliphatic heterocycles. The molecular weight excluding hydrogens is 200 g/mol. The molecule has 0 aliphatic rings. The second-order valence-corrected chi connectivity index (χ2v) is 3.90. The van der Waals surface area contributed by atoms with Gasteiger partial charge < -0.3 is 15.6 Å². The Labute approximate surface area is 85.0 Å². The van der Waals surface area contributed by atoms with Crippen LogP contribution in [-0.4, -0.2) is 17.2 Å². The van der Waals surface area contributed by atoms with Gasteiger partial charge >= 0.3 is 0 Å². The number of hydrogen-bond donors (Lipinski definition) is 2. The molecule has 4 nitrogen and oxygen atoms in total. The average Bonchev–Trinajstić information content (AvgIpc) is 2.54. The first-order chi connectivity index (χ1) is 6.74. The summed E-state index contributed by atoms with van der Waals surface area (Å²) >= 11 is 1.41. The van der Waals surface area contributed by atoms with Gasteiger partial charge in [0.25, 0.3) is 0 Å². The molecule has 1 aromatic heterocycles. The van der Waals surface area contributed by atoms with Crippen LogP contribution >= 0.6 is 11.3 Å². The first kappa shape index (κ1) is 9.23. The summed E-state index contributed by atoms with van der Waals surface area (Å²) in [5, 5.41) is 9.61. The number of hydrogen-bond acceptors (Lipinski definition) is 5. The molecule has 0 spiro atoms. The molecule has 1 heterocycles. The van der Waals surface area contributed by atoms with Gasteiger partial charge in [-0.1, -0.05) is 11.3 Å². The third-order valence-corrected chi connectivity index (χ3v) is 2.82. The van der Waals surface area contributed by atoms with E-state index in [9.17, 15) is 0 Å². The summed E-state index contributed by atoms with van der Waals surface area (Å²) in [4.78, 5) is 4.13. The molecule has 0 unspecified atom stereocenters. The fraction of sp³-hybridized carbons (Fsp3) is 0.222. The molecule has 0 amide bonds. The van der Waals surface area contributed by atoms with Crippen LogP contribution in [0.25, 0.3) is 10.2 Å². The van der Waals surface area contributed by atoms with Gasteiger partial charge in [-0.3, -0.25) is 0 Å². The van der Waals surface area contributed by atoms with Gasteiger partial charge in [0.05, 0.1) is 23.9 Å². The molecule has 0 saturated carbocycles. The van der Waals surface area contributed by atoms with Gasteiger partial charge in [0.1, 0.15) is 5.75 Å². The first-order valence-corrected chi connectivity index (χ1v) is 4.90. The Kier molecular flexibility index (Phi) is 2.26. The van der Waals surface area contributed by atoms with Crippen molar-refractivity contribution in [1.29, 1.82) is 0 Å². The molecule has 3 N–H and O–H groups in total. The number of nitrogen functional groups attached to an aromatic ring is 1. The van der Waals surface area contributed by atoms with Gasteiger partial charge in [0.15, 0.2) is 5.13 Å². The molecular formula is C9H10N2O2S. The number of fused-ring (bicyclic) bond motifs is 1. The highest BCUT2D eigenvalue weighted by Crippen LogP contribution is 2.30. The highest BCUT2D eigenvalue weighted by Gasteiger charge is 2.07. The average molecular weight is 210 g/mol. The molecule has 1 aromatic carbocycles. The van der Waals surface area contributed by atoms with Crippen LogP contribution < -0.4 is 10.5 Å². The third-order valence-electron chi connectivity index (χ3n) is 1.98. The summed E-state index contributed by atoms with van der Waals surface area (Å²) in [5.74, 6) is 0.670. The van der Waals surface area contributed by atoms with E-state index < -0.39 is 0 Å². The van der Waals surface area contributed by atoms with E-state index in [0.29, 0.717) is 10.9 Å². The van der Waals surface area contributed by atoms with Crippen molar-refractivity contribution in [1.82, 2.24) is 4.98 Å². The zero-order valence-corrected chi connectivity index (χ0v) is 8.47. The van der Waals surface area contributed by atoms with Gasteiger partial charge in [0, 0.05) is 11.6 Å². The van der Waals surface area contributed by atoms with Crippen molar-refractivity contribution in [2.45, 2.75) is 6.61 Å². The van der Waals surface area contributed by atoms with Crippen LogP contribution in [0.15, 0.2) is 12.1 Å². The van der Waals surface area contributed by atoms with Gasteiger partial charge in [-0.15, -0.1) is 0 Å².